The molecular weight excluding hydrogens is 401 g/mol. The van der Waals surface area contributed by atoms with Crippen LogP contribution in [0, 0.1) is 5.82 Å². The van der Waals surface area contributed by atoms with Gasteiger partial charge in [0.1, 0.15) is 11.6 Å². The Morgan fingerprint density at radius 2 is 1.69 bits per heavy atom. The zero-order valence-electron chi connectivity index (χ0n) is 17.4. The highest BCUT2D eigenvalue weighted by atomic mass is 19.1. The Kier molecular flexibility index (Phi) is 5.25. The molecule has 5 nitrogen and oxygen atoms in total. The predicted molar refractivity (Wildman–Crippen MR) is 124 cm³/mol. The lowest BCUT2D eigenvalue weighted by molar-refractivity contribution is 0.628. The van der Waals surface area contributed by atoms with Gasteiger partial charge in [-0.25, -0.2) is 14.4 Å². The minimum atomic E-state index is -0.270. The summed E-state index contributed by atoms with van der Waals surface area (Å²) in [4.78, 5) is 18.2. The van der Waals surface area contributed by atoms with Gasteiger partial charge in [-0.05, 0) is 66.6 Å². The number of halogens is 1. The number of nitrogens with one attached hydrogen (secondary N) is 1. The fourth-order valence-electron chi connectivity index (χ4n) is 3.62. The van der Waals surface area contributed by atoms with Gasteiger partial charge >= 0.3 is 0 Å². The van der Waals surface area contributed by atoms with E-state index in [4.69, 9.17) is 9.97 Å². The highest BCUT2D eigenvalue weighted by Crippen LogP contribution is 2.31. The van der Waals surface area contributed by atoms with Crippen LogP contribution >= 0.6 is 0 Å². The summed E-state index contributed by atoms with van der Waals surface area (Å²) in [6, 6.07) is 22.0. The molecule has 0 aliphatic carbocycles. The van der Waals surface area contributed by atoms with Crippen molar-refractivity contribution in [3.8, 4) is 22.5 Å². The van der Waals surface area contributed by atoms with Crippen molar-refractivity contribution in [1.82, 2.24) is 19.9 Å². The normalized spacial score (nSPS) is 11.9. The minimum absolute atomic E-state index is 0.0751. The van der Waals surface area contributed by atoms with E-state index in [1.807, 2.05) is 61.5 Å². The van der Waals surface area contributed by atoms with Gasteiger partial charge in [-0.1, -0.05) is 24.3 Å². The van der Waals surface area contributed by atoms with Crippen LogP contribution in [0.15, 0.2) is 91.4 Å². The molecule has 6 heteroatoms. The van der Waals surface area contributed by atoms with E-state index >= 15 is 0 Å². The van der Waals surface area contributed by atoms with Gasteiger partial charge in [0, 0.05) is 29.5 Å². The highest BCUT2D eigenvalue weighted by molar-refractivity contribution is 5.94. The van der Waals surface area contributed by atoms with Gasteiger partial charge in [0.15, 0.2) is 5.82 Å². The summed E-state index contributed by atoms with van der Waals surface area (Å²) in [6.07, 6.45) is 5.24. The summed E-state index contributed by atoms with van der Waals surface area (Å²) in [5.74, 6) is 0.998. The summed E-state index contributed by atoms with van der Waals surface area (Å²) in [6.45, 7) is 2.04. The molecule has 0 aliphatic heterocycles. The number of aromatic nitrogens is 4. The molecule has 0 saturated heterocycles. The van der Waals surface area contributed by atoms with Gasteiger partial charge in [-0.2, -0.15) is 0 Å². The number of fused-ring (bicyclic) bond motifs is 1. The van der Waals surface area contributed by atoms with E-state index in [1.54, 1.807) is 24.7 Å². The topological polar surface area (TPSA) is 63.6 Å². The van der Waals surface area contributed by atoms with Crippen LogP contribution in [0.4, 0.5) is 10.2 Å². The molecule has 1 unspecified atom stereocenters. The van der Waals surface area contributed by atoms with Crippen LogP contribution in [0.25, 0.3) is 33.4 Å². The predicted octanol–water partition coefficient (Wildman–Crippen LogP) is 6.07. The number of pyridine rings is 2. The molecule has 2 aromatic carbocycles. The second-order valence-electron chi connectivity index (χ2n) is 7.50. The van der Waals surface area contributed by atoms with Gasteiger partial charge in [-0.3, -0.25) is 9.97 Å². The molecule has 5 aromatic rings. The Balaban J connectivity index is 1.65. The van der Waals surface area contributed by atoms with Crippen LogP contribution < -0.4 is 5.32 Å². The fraction of sp³-hybridized carbons (Fsp3) is 0.0769. The first-order valence-corrected chi connectivity index (χ1v) is 10.3. The van der Waals surface area contributed by atoms with E-state index in [-0.39, 0.29) is 11.9 Å². The minimum Gasteiger partial charge on any atom is -0.361 e. The number of rotatable bonds is 5. The lowest BCUT2D eigenvalue weighted by atomic mass is 10.0. The molecule has 5 rings (SSSR count). The largest absolute Gasteiger partial charge is 0.361 e. The van der Waals surface area contributed by atoms with E-state index in [2.05, 4.69) is 15.3 Å². The lowest BCUT2D eigenvalue weighted by Gasteiger charge is -2.17. The maximum atomic E-state index is 13.8. The summed E-state index contributed by atoms with van der Waals surface area (Å²) >= 11 is 0. The SMILES string of the molecule is CC(Nc1nc(-c2cccnc2)nc2ccc(-c3cccc(F)c3)cc12)c1ccccn1. The fourth-order valence-corrected chi connectivity index (χ4v) is 3.62. The van der Waals surface area contributed by atoms with Crippen LogP contribution in [-0.2, 0) is 0 Å². The van der Waals surface area contributed by atoms with Crippen molar-refractivity contribution in [2.75, 3.05) is 5.32 Å². The van der Waals surface area contributed by atoms with Gasteiger partial charge in [0.05, 0.1) is 17.3 Å². The molecule has 0 radical (unpaired) electrons. The monoisotopic (exact) mass is 421 g/mol. The first-order valence-electron chi connectivity index (χ1n) is 10.3. The van der Waals surface area contributed by atoms with E-state index in [1.165, 1.54) is 12.1 Å². The number of anilines is 1. The first kappa shape index (κ1) is 19.8. The van der Waals surface area contributed by atoms with Crippen molar-refractivity contribution in [1.29, 1.82) is 0 Å². The molecule has 0 bridgehead atoms. The Hall–Kier alpha value is -4.19. The second kappa shape index (κ2) is 8.51. The van der Waals surface area contributed by atoms with Crippen LogP contribution in [0.5, 0.6) is 0 Å². The van der Waals surface area contributed by atoms with Crippen LogP contribution in [-0.4, -0.2) is 19.9 Å². The summed E-state index contributed by atoms with van der Waals surface area (Å²) in [5, 5.41) is 4.34. The Morgan fingerprint density at radius 3 is 2.47 bits per heavy atom. The van der Waals surface area contributed by atoms with Gasteiger partial charge in [0.2, 0.25) is 0 Å². The average molecular weight is 421 g/mol. The zero-order chi connectivity index (χ0) is 21.9. The molecule has 0 fully saturated rings. The smallest absolute Gasteiger partial charge is 0.163 e. The Labute approximate surface area is 185 Å². The summed E-state index contributed by atoms with van der Waals surface area (Å²) in [7, 11) is 0. The summed E-state index contributed by atoms with van der Waals surface area (Å²) < 4.78 is 13.8. The van der Waals surface area contributed by atoms with Crippen molar-refractivity contribution in [2.24, 2.45) is 0 Å². The number of hydrogen-bond acceptors (Lipinski definition) is 5. The van der Waals surface area contributed by atoms with Crippen molar-refractivity contribution in [3.63, 3.8) is 0 Å². The Bertz CT molecular complexity index is 1370. The van der Waals surface area contributed by atoms with Crippen molar-refractivity contribution in [3.05, 3.63) is 103 Å². The third-order valence-corrected chi connectivity index (χ3v) is 5.26. The maximum Gasteiger partial charge on any atom is 0.163 e. The lowest BCUT2D eigenvalue weighted by Crippen LogP contribution is -2.10. The van der Waals surface area contributed by atoms with Gasteiger partial charge < -0.3 is 5.32 Å². The third-order valence-electron chi connectivity index (χ3n) is 5.26. The van der Waals surface area contributed by atoms with Crippen LogP contribution in [0.3, 0.4) is 0 Å². The van der Waals surface area contributed by atoms with Crippen LogP contribution in [0.1, 0.15) is 18.7 Å². The highest BCUT2D eigenvalue weighted by Gasteiger charge is 2.14. The van der Waals surface area contributed by atoms with Crippen molar-refractivity contribution in [2.45, 2.75) is 13.0 Å². The van der Waals surface area contributed by atoms with Gasteiger partial charge in [0.25, 0.3) is 0 Å². The van der Waals surface area contributed by atoms with Crippen LogP contribution in [0.2, 0.25) is 0 Å². The third kappa shape index (κ3) is 4.03. The van der Waals surface area contributed by atoms with Crippen molar-refractivity contribution < 1.29 is 4.39 Å². The average Bonchev–Trinajstić information content (AvgIpc) is 2.85. The molecule has 3 heterocycles. The molecule has 32 heavy (non-hydrogen) atoms. The Morgan fingerprint density at radius 1 is 0.812 bits per heavy atom. The van der Waals surface area contributed by atoms with E-state index in [0.717, 1.165) is 33.3 Å². The van der Waals surface area contributed by atoms with Crippen molar-refractivity contribution >= 4 is 16.7 Å². The molecule has 0 spiro atoms. The molecule has 0 saturated carbocycles. The second-order valence-corrected chi connectivity index (χ2v) is 7.50. The molecule has 1 N–H and O–H groups in total. The number of hydrogen-bond donors (Lipinski definition) is 1. The number of benzene rings is 2. The van der Waals surface area contributed by atoms with E-state index in [0.29, 0.717) is 11.6 Å². The quantitative estimate of drug-likeness (QED) is 0.373. The molecular formula is C26H20FN5. The molecule has 0 amide bonds. The van der Waals surface area contributed by atoms with Gasteiger partial charge in [-0.15, -0.1) is 0 Å². The molecule has 3 aromatic heterocycles. The summed E-state index contributed by atoms with van der Waals surface area (Å²) in [5.41, 5.74) is 4.21. The first-order chi connectivity index (χ1) is 15.7. The zero-order valence-corrected chi connectivity index (χ0v) is 17.4. The van der Waals surface area contributed by atoms with E-state index in [9.17, 15) is 4.39 Å². The van der Waals surface area contributed by atoms with E-state index < -0.39 is 0 Å². The standard InChI is InChI=1S/C26H20FN5/c1-17(23-9-2-3-13-29-23)30-26-22-15-19(18-6-4-8-21(27)14-18)10-11-24(22)31-25(32-26)20-7-5-12-28-16-20/h2-17H,1H3,(H,30,31,32). The molecule has 1 atom stereocenters. The maximum absolute atomic E-state index is 13.8. The number of nitrogens with zero attached hydrogens (tertiary/aromatic N) is 4. The molecule has 156 valence electrons. The molecule has 0 aliphatic rings.